The average Bonchev–Trinajstić information content (AvgIpc) is 2.77. The molecule has 0 aliphatic carbocycles. The molecule has 2 aromatic carbocycles. The number of fused-ring (bicyclic) bond motifs is 1. The Bertz CT molecular complexity index is 939. The Labute approximate surface area is 166 Å². The third-order valence-electron chi connectivity index (χ3n) is 5.23. The number of carbonyl (C=O) groups is 1. The van der Waals surface area contributed by atoms with Crippen LogP contribution in [0.4, 0.5) is 0 Å². The van der Waals surface area contributed by atoms with Crippen molar-refractivity contribution in [2.75, 3.05) is 19.6 Å². The lowest BCUT2D eigenvalue weighted by Crippen LogP contribution is -2.33. The summed E-state index contributed by atoms with van der Waals surface area (Å²) in [6, 6.07) is 22.1. The van der Waals surface area contributed by atoms with Crippen LogP contribution in [0.15, 0.2) is 72.9 Å². The Hall–Kier alpha value is -2.98. The quantitative estimate of drug-likeness (QED) is 0.668. The van der Waals surface area contributed by atoms with Crippen LogP contribution in [-0.2, 0) is 13.0 Å². The van der Waals surface area contributed by atoms with Crippen molar-refractivity contribution in [1.82, 2.24) is 15.2 Å². The van der Waals surface area contributed by atoms with Crippen LogP contribution < -0.4 is 5.32 Å². The summed E-state index contributed by atoms with van der Waals surface area (Å²) < 4.78 is 0. The second-order valence-electron chi connectivity index (χ2n) is 7.20. The highest BCUT2D eigenvalue weighted by atomic mass is 16.1. The van der Waals surface area contributed by atoms with E-state index in [1.54, 1.807) is 6.20 Å². The summed E-state index contributed by atoms with van der Waals surface area (Å²) in [6.45, 7) is 3.79. The van der Waals surface area contributed by atoms with Gasteiger partial charge in [-0.1, -0.05) is 42.5 Å². The van der Waals surface area contributed by atoms with Gasteiger partial charge in [0.15, 0.2) is 0 Å². The topological polar surface area (TPSA) is 45.2 Å². The number of amides is 1. The molecule has 1 N–H and O–H groups in total. The second kappa shape index (κ2) is 8.81. The highest BCUT2D eigenvalue weighted by Gasteiger charge is 2.15. The molecule has 4 heteroatoms. The molecular weight excluding hydrogens is 346 g/mol. The molecule has 0 spiro atoms. The second-order valence-corrected chi connectivity index (χ2v) is 7.20. The molecular formula is C24H25N3O. The molecule has 3 aromatic rings. The summed E-state index contributed by atoms with van der Waals surface area (Å²) in [5.74, 6) is -0.0261. The largest absolute Gasteiger partial charge is 0.352 e. The van der Waals surface area contributed by atoms with E-state index in [-0.39, 0.29) is 5.91 Å². The Morgan fingerprint density at radius 3 is 2.71 bits per heavy atom. The molecule has 1 aliphatic heterocycles. The zero-order valence-corrected chi connectivity index (χ0v) is 16.0. The maximum atomic E-state index is 12.5. The average molecular weight is 371 g/mol. The van der Waals surface area contributed by atoms with E-state index in [2.05, 4.69) is 39.5 Å². The molecule has 1 amide bonds. The van der Waals surface area contributed by atoms with Crippen LogP contribution >= 0.6 is 0 Å². The predicted octanol–water partition coefficient (Wildman–Crippen LogP) is 3.93. The fourth-order valence-electron chi connectivity index (χ4n) is 3.70. The molecule has 0 saturated carbocycles. The zero-order valence-electron chi connectivity index (χ0n) is 16.0. The minimum atomic E-state index is -0.0261. The van der Waals surface area contributed by atoms with E-state index in [1.165, 1.54) is 11.1 Å². The zero-order chi connectivity index (χ0) is 19.2. The standard InChI is InChI=1S/C24H25N3O/c28-24(21-10-5-9-20(17-21)23-11-3-4-13-25-23)26-14-6-15-27-16-12-19-7-1-2-8-22(19)18-27/h1-5,7-11,13,17H,6,12,14-16,18H2,(H,26,28). The fraction of sp³-hybridized carbons (Fsp3) is 0.250. The summed E-state index contributed by atoms with van der Waals surface area (Å²) in [7, 11) is 0. The summed E-state index contributed by atoms with van der Waals surface area (Å²) in [5, 5.41) is 3.05. The van der Waals surface area contributed by atoms with Gasteiger partial charge in [-0.2, -0.15) is 0 Å². The third kappa shape index (κ3) is 4.46. The Kier molecular flexibility index (Phi) is 5.78. The minimum absolute atomic E-state index is 0.0261. The molecule has 28 heavy (non-hydrogen) atoms. The molecule has 4 nitrogen and oxygen atoms in total. The lowest BCUT2D eigenvalue weighted by Gasteiger charge is -2.28. The van der Waals surface area contributed by atoms with Crippen molar-refractivity contribution >= 4 is 5.91 Å². The molecule has 4 rings (SSSR count). The van der Waals surface area contributed by atoms with E-state index in [0.717, 1.165) is 43.7 Å². The maximum absolute atomic E-state index is 12.5. The number of rotatable bonds is 6. The number of nitrogens with one attached hydrogen (secondary N) is 1. The molecule has 1 aromatic heterocycles. The van der Waals surface area contributed by atoms with Crippen molar-refractivity contribution in [1.29, 1.82) is 0 Å². The van der Waals surface area contributed by atoms with Crippen LogP contribution in [0.5, 0.6) is 0 Å². The van der Waals surface area contributed by atoms with Crippen molar-refractivity contribution in [3.8, 4) is 11.3 Å². The first-order valence-electron chi connectivity index (χ1n) is 9.88. The first-order valence-corrected chi connectivity index (χ1v) is 9.88. The summed E-state index contributed by atoms with van der Waals surface area (Å²) in [6.07, 6.45) is 3.83. The van der Waals surface area contributed by atoms with E-state index in [0.29, 0.717) is 12.1 Å². The smallest absolute Gasteiger partial charge is 0.251 e. The van der Waals surface area contributed by atoms with Crippen LogP contribution in [0, 0.1) is 0 Å². The number of pyridine rings is 1. The molecule has 0 fully saturated rings. The Morgan fingerprint density at radius 1 is 1.00 bits per heavy atom. The van der Waals surface area contributed by atoms with Gasteiger partial charge < -0.3 is 5.32 Å². The summed E-state index contributed by atoms with van der Waals surface area (Å²) >= 11 is 0. The van der Waals surface area contributed by atoms with E-state index in [1.807, 2.05) is 42.5 Å². The van der Waals surface area contributed by atoms with Crippen molar-refractivity contribution in [3.63, 3.8) is 0 Å². The SMILES string of the molecule is O=C(NCCCN1CCc2ccccc2C1)c1cccc(-c2ccccn2)c1. The van der Waals surface area contributed by atoms with Crippen molar-refractivity contribution in [2.45, 2.75) is 19.4 Å². The van der Waals surface area contributed by atoms with Crippen molar-refractivity contribution < 1.29 is 4.79 Å². The van der Waals surface area contributed by atoms with E-state index in [4.69, 9.17) is 0 Å². The van der Waals surface area contributed by atoms with Gasteiger partial charge in [0.2, 0.25) is 0 Å². The van der Waals surface area contributed by atoms with Gasteiger partial charge in [0.25, 0.3) is 5.91 Å². The van der Waals surface area contributed by atoms with Crippen LogP contribution in [-0.4, -0.2) is 35.4 Å². The van der Waals surface area contributed by atoms with Gasteiger partial charge in [0.05, 0.1) is 5.69 Å². The molecule has 0 radical (unpaired) electrons. The molecule has 0 unspecified atom stereocenters. The van der Waals surface area contributed by atoms with Gasteiger partial charge in [0, 0.05) is 43.5 Å². The minimum Gasteiger partial charge on any atom is -0.352 e. The number of carbonyl (C=O) groups excluding carboxylic acids is 1. The first-order chi connectivity index (χ1) is 13.8. The number of benzene rings is 2. The molecule has 0 bridgehead atoms. The van der Waals surface area contributed by atoms with Gasteiger partial charge in [-0.25, -0.2) is 0 Å². The number of hydrogen-bond donors (Lipinski definition) is 1. The fourth-order valence-corrected chi connectivity index (χ4v) is 3.70. The molecule has 1 aliphatic rings. The predicted molar refractivity (Wildman–Crippen MR) is 112 cm³/mol. The van der Waals surface area contributed by atoms with Gasteiger partial charge in [-0.15, -0.1) is 0 Å². The van der Waals surface area contributed by atoms with Gasteiger partial charge in [-0.05, 0) is 48.2 Å². The van der Waals surface area contributed by atoms with Crippen LogP contribution in [0.25, 0.3) is 11.3 Å². The van der Waals surface area contributed by atoms with E-state index >= 15 is 0 Å². The number of aromatic nitrogens is 1. The van der Waals surface area contributed by atoms with Gasteiger partial charge >= 0.3 is 0 Å². The van der Waals surface area contributed by atoms with Crippen LogP contribution in [0.3, 0.4) is 0 Å². The van der Waals surface area contributed by atoms with Gasteiger partial charge in [0.1, 0.15) is 0 Å². The number of hydrogen-bond acceptors (Lipinski definition) is 3. The van der Waals surface area contributed by atoms with E-state index < -0.39 is 0 Å². The van der Waals surface area contributed by atoms with Crippen LogP contribution in [0.1, 0.15) is 27.9 Å². The lowest BCUT2D eigenvalue weighted by atomic mass is 10.00. The molecule has 142 valence electrons. The first kappa shape index (κ1) is 18.4. The molecule has 0 saturated heterocycles. The highest BCUT2D eigenvalue weighted by molar-refractivity contribution is 5.95. The lowest BCUT2D eigenvalue weighted by molar-refractivity contribution is 0.0951. The van der Waals surface area contributed by atoms with Crippen molar-refractivity contribution in [2.24, 2.45) is 0 Å². The Morgan fingerprint density at radius 2 is 1.86 bits per heavy atom. The highest BCUT2D eigenvalue weighted by Crippen LogP contribution is 2.19. The molecule has 2 heterocycles. The normalized spacial score (nSPS) is 13.7. The van der Waals surface area contributed by atoms with Crippen molar-refractivity contribution in [3.05, 3.63) is 89.6 Å². The van der Waals surface area contributed by atoms with E-state index in [9.17, 15) is 4.79 Å². The maximum Gasteiger partial charge on any atom is 0.251 e. The number of nitrogens with zero attached hydrogens (tertiary/aromatic N) is 2. The Balaban J connectivity index is 1.26. The van der Waals surface area contributed by atoms with Gasteiger partial charge in [-0.3, -0.25) is 14.7 Å². The monoisotopic (exact) mass is 371 g/mol. The molecule has 0 atom stereocenters. The third-order valence-corrected chi connectivity index (χ3v) is 5.23. The van der Waals surface area contributed by atoms with Crippen LogP contribution in [0.2, 0.25) is 0 Å². The summed E-state index contributed by atoms with van der Waals surface area (Å²) in [4.78, 5) is 19.3. The summed E-state index contributed by atoms with van der Waals surface area (Å²) in [5.41, 5.74) is 5.42.